The molecule has 90 valence electrons. The second kappa shape index (κ2) is 5.84. The number of hydrogen-bond acceptors (Lipinski definition) is 4. The summed E-state index contributed by atoms with van der Waals surface area (Å²) in [5.74, 6) is -0.644. The summed E-state index contributed by atoms with van der Waals surface area (Å²) < 4.78 is 4.88. The molecule has 0 atom stereocenters. The van der Waals surface area contributed by atoms with Gasteiger partial charge in [0.1, 0.15) is 13.3 Å². The van der Waals surface area contributed by atoms with Gasteiger partial charge in [0.25, 0.3) is 0 Å². The average molecular weight is 234 g/mol. The summed E-state index contributed by atoms with van der Waals surface area (Å²) in [5.41, 5.74) is -0.401. The Morgan fingerprint density at radius 1 is 1.29 bits per heavy atom. The van der Waals surface area contributed by atoms with Crippen LogP contribution in [0.3, 0.4) is 0 Å². The van der Waals surface area contributed by atoms with E-state index in [4.69, 9.17) is 12.6 Å². The first-order valence-corrected chi connectivity index (χ1v) is 5.35. The molecule has 1 aromatic rings. The lowest BCUT2D eigenvalue weighted by atomic mass is 9.80. The lowest BCUT2D eigenvalue weighted by molar-refractivity contribution is -0.154. The predicted molar refractivity (Wildman–Crippen MR) is 64.3 cm³/mol. The average Bonchev–Trinajstić information content (AvgIpc) is 2.34. The molecule has 0 unspecified atom stereocenters. The van der Waals surface area contributed by atoms with E-state index >= 15 is 0 Å². The normalized spacial score (nSPS) is 11.2. The molecule has 0 spiro atoms. The smallest absolute Gasteiger partial charge is 0.321 e. The first-order valence-electron chi connectivity index (χ1n) is 5.35. The van der Waals surface area contributed by atoms with Gasteiger partial charge in [0.05, 0.1) is 19.8 Å². The Morgan fingerprint density at radius 2 is 1.82 bits per heavy atom. The Hall–Kier alpha value is -1.33. The Bertz CT molecular complexity index is 371. The molecule has 5 heteroatoms. The topological polar surface area (TPSA) is 66.8 Å². The van der Waals surface area contributed by atoms with Gasteiger partial charge in [0.2, 0.25) is 0 Å². The van der Waals surface area contributed by atoms with Gasteiger partial charge in [-0.2, -0.15) is 0 Å². The highest BCUT2D eigenvalue weighted by Gasteiger charge is 2.40. The molecule has 0 saturated carbocycles. The Morgan fingerprint density at radius 3 is 2.24 bits per heavy atom. The summed E-state index contributed by atoms with van der Waals surface area (Å²) in [6.07, 6.45) is 0. The minimum Gasteiger partial charge on any atom is -0.465 e. The number of hydrogen-bond donors (Lipinski definition) is 2. The number of rotatable bonds is 5. The van der Waals surface area contributed by atoms with Crippen molar-refractivity contribution in [3.05, 3.63) is 29.8 Å². The molecule has 2 N–H and O–H groups in total. The SMILES string of the molecule is [B]c1ccc(C(CO)(CO)C(=O)OCC)cc1. The van der Waals surface area contributed by atoms with Crippen LogP contribution in [0.4, 0.5) is 0 Å². The lowest BCUT2D eigenvalue weighted by Gasteiger charge is -2.27. The van der Waals surface area contributed by atoms with E-state index in [1.807, 2.05) is 0 Å². The van der Waals surface area contributed by atoms with Crippen molar-refractivity contribution < 1.29 is 19.7 Å². The molecule has 0 aliphatic heterocycles. The monoisotopic (exact) mass is 234 g/mol. The van der Waals surface area contributed by atoms with E-state index in [1.165, 1.54) is 0 Å². The molecular weight excluding hydrogens is 219 g/mol. The summed E-state index contributed by atoms with van der Waals surface area (Å²) in [4.78, 5) is 11.8. The summed E-state index contributed by atoms with van der Waals surface area (Å²) in [7, 11) is 5.55. The van der Waals surface area contributed by atoms with Gasteiger partial charge in [-0.1, -0.05) is 29.7 Å². The molecule has 0 heterocycles. The van der Waals surface area contributed by atoms with Gasteiger partial charge in [-0.3, -0.25) is 4.79 Å². The number of ether oxygens (including phenoxy) is 1. The van der Waals surface area contributed by atoms with E-state index in [0.29, 0.717) is 11.0 Å². The molecule has 0 bridgehead atoms. The van der Waals surface area contributed by atoms with Crippen LogP contribution < -0.4 is 5.46 Å². The summed E-state index contributed by atoms with van der Waals surface area (Å²) in [6.45, 7) is 0.814. The molecule has 17 heavy (non-hydrogen) atoms. The third-order valence-corrected chi connectivity index (χ3v) is 2.67. The molecule has 0 fully saturated rings. The largest absolute Gasteiger partial charge is 0.465 e. The van der Waals surface area contributed by atoms with Crippen molar-refractivity contribution in [1.82, 2.24) is 0 Å². The molecule has 0 aromatic heterocycles. The molecule has 4 nitrogen and oxygen atoms in total. The first-order chi connectivity index (χ1) is 8.10. The summed E-state index contributed by atoms with van der Waals surface area (Å²) in [6, 6.07) is 6.40. The standard InChI is InChI=1S/C12H15BO4/c1-2-17-11(16)12(7-14,8-15)9-3-5-10(13)6-4-9/h3-6,14-15H,2,7-8H2,1H3. The van der Waals surface area contributed by atoms with E-state index in [-0.39, 0.29) is 6.61 Å². The van der Waals surface area contributed by atoms with Crippen molar-refractivity contribution in [2.24, 2.45) is 0 Å². The fourth-order valence-electron chi connectivity index (χ4n) is 1.55. The summed E-state index contributed by atoms with van der Waals surface area (Å²) >= 11 is 0. The van der Waals surface area contributed by atoms with Crippen molar-refractivity contribution in [1.29, 1.82) is 0 Å². The van der Waals surface area contributed by atoms with Crippen LogP contribution in [0.5, 0.6) is 0 Å². The van der Waals surface area contributed by atoms with E-state index in [9.17, 15) is 15.0 Å². The number of aliphatic hydroxyl groups is 2. The van der Waals surface area contributed by atoms with E-state index < -0.39 is 24.6 Å². The van der Waals surface area contributed by atoms with Crippen LogP contribution in [-0.2, 0) is 14.9 Å². The molecule has 0 amide bonds. The number of aliphatic hydroxyl groups excluding tert-OH is 2. The molecule has 1 rings (SSSR count). The molecule has 0 aliphatic carbocycles. The fraction of sp³-hybridized carbons (Fsp3) is 0.417. The van der Waals surface area contributed by atoms with Crippen molar-refractivity contribution >= 4 is 19.3 Å². The summed E-state index contributed by atoms with van der Waals surface area (Å²) in [5, 5.41) is 18.8. The van der Waals surface area contributed by atoms with Crippen LogP contribution >= 0.6 is 0 Å². The van der Waals surface area contributed by atoms with Crippen LogP contribution in [0.25, 0.3) is 0 Å². The maximum atomic E-state index is 11.8. The Kier molecular flexibility index (Phi) is 4.72. The van der Waals surface area contributed by atoms with Crippen molar-refractivity contribution in [3.8, 4) is 0 Å². The third kappa shape index (κ3) is 2.68. The zero-order chi connectivity index (χ0) is 12.9. The van der Waals surface area contributed by atoms with Gasteiger partial charge in [-0.05, 0) is 12.5 Å². The number of carbonyl (C=O) groups is 1. The highest BCUT2D eigenvalue weighted by atomic mass is 16.5. The van der Waals surface area contributed by atoms with E-state index in [0.717, 1.165) is 0 Å². The molecule has 0 aliphatic rings. The van der Waals surface area contributed by atoms with Gasteiger partial charge in [-0.25, -0.2) is 0 Å². The maximum absolute atomic E-state index is 11.8. The van der Waals surface area contributed by atoms with Gasteiger partial charge < -0.3 is 14.9 Å². The quantitative estimate of drug-likeness (QED) is 0.520. The fourth-order valence-corrected chi connectivity index (χ4v) is 1.55. The molecule has 0 saturated heterocycles. The van der Waals surface area contributed by atoms with E-state index in [2.05, 4.69) is 0 Å². The molecule has 2 radical (unpaired) electrons. The van der Waals surface area contributed by atoms with Crippen LogP contribution in [0, 0.1) is 0 Å². The molecular formula is C12H15BO4. The second-order valence-electron chi connectivity index (χ2n) is 3.74. The van der Waals surface area contributed by atoms with Crippen molar-refractivity contribution in [2.75, 3.05) is 19.8 Å². The van der Waals surface area contributed by atoms with Gasteiger partial charge in [0.15, 0.2) is 0 Å². The minimum absolute atomic E-state index is 0.190. The number of carbonyl (C=O) groups excluding carboxylic acids is 1. The van der Waals surface area contributed by atoms with Crippen LogP contribution in [0.15, 0.2) is 24.3 Å². The van der Waals surface area contributed by atoms with Crippen molar-refractivity contribution in [3.63, 3.8) is 0 Å². The Labute approximate surface area is 102 Å². The van der Waals surface area contributed by atoms with Crippen molar-refractivity contribution in [2.45, 2.75) is 12.3 Å². The second-order valence-corrected chi connectivity index (χ2v) is 3.74. The minimum atomic E-state index is -1.43. The Balaban J connectivity index is 3.14. The zero-order valence-electron chi connectivity index (χ0n) is 9.72. The first kappa shape index (κ1) is 13.7. The van der Waals surface area contributed by atoms with E-state index in [1.54, 1.807) is 31.2 Å². The maximum Gasteiger partial charge on any atom is 0.321 e. The van der Waals surface area contributed by atoms with Crippen LogP contribution in [0.2, 0.25) is 0 Å². The molecule has 1 aromatic carbocycles. The number of benzene rings is 1. The predicted octanol–water partition coefficient (Wildman–Crippen LogP) is -0.734. The zero-order valence-corrected chi connectivity index (χ0v) is 9.72. The lowest BCUT2D eigenvalue weighted by Crippen LogP contribution is -2.44. The van der Waals surface area contributed by atoms with Crippen LogP contribution in [0.1, 0.15) is 12.5 Å². The highest BCUT2D eigenvalue weighted by Crippen LogP contribution is 2.24. The number of esters is 1. The third-order valence-electron chi connectivity index (χ3n) is 2.67. The van der Waals surface area contributed by atoms with Crippen LogP contribution in [-0.4, -0.2) is 43.8 Å². The van der Waals surface area contributed by atoms with Gasteiger partial charge >= 0.3 is 5.97 Å². The van der Waals surface area contributed by atoms with Gasteiger partial charge in [0, 0.05) is 0 Å². The highest BCUT2D eigenvalue weighted by molar-refractivity contribution is 6.32. The van der Waals surface area contributed by atoms with Gasteiger partial charge in [-0.15, -0.1) is 0 Å².